The van der Waals surface area contributed by atoms with Gasteiger partial charge in [0.25, 0.3) is 0 Å². The highest BCUT2D eigenvalue weighted by Gasteiger charge is 2.50. The van der Waals surface area contributed by atoms with Gasteiger partial charge in [0.05, 0.1) is 12.5 Å². The lowest BCUT2D eigenvalue weighted by Gasteiger charge is -2.49. The monoisotopic (exact) mass is 539 g/mol. The number of carbonyl (C=O) groups is 3. The molecule has 0 radical (unpaired) electrons. The molecular weight excluding hydrogens is 482 g/mol. The molecule has 0 aromatic rings. The SMILES string of the molecule is CCCCCCCCCCCCCCCCC/C=C/CCC[N+](C(C)C(=O)[O-])(C(C)C(=O)O)C(C)C(=O)O. The zero-order valence-electron chi connectivity index (χ0n) is 24.8. The van der Waals surface area contributed by atoms with Gasteiger partial charge in [-0.05, 0) is 40.0 Å². The number of aliphatic carboxylic acids is 3. The maximum absolute atomic E-state index is 11.8. The van der Waals surface area contributed by atoms with Gasteiger partial charge in [-0.1, -0.05) is 109 Å². The molecule has 0 saturated carbocycles. The summed E-state index contributed by atoms with van der Waals surface area (Å²) in [7, 11) is 0. The Labute approximate surface area is 232 Å². The Kier molecular flexibility index (Phi) is 20.9. The lowest BCUT2D eigenvalue weighted by Crippen LogP contribution is -2.71. The van der Waals surface area contributed by atoms with Crippen molar-refractivity contribution in [1.29, 1.82) is 0 Å². The number of quaternary nitrogens is 1. The van der Waals surface area contributed by atoms with E-state index in [1.165, 1.54) is 111 Å². The molecule has 0 aliphatic rings. The van der Waals surface area contributed by atoms with Gasteiger partial charge in [-0.2, -0.15) is 0 Å². The number of allylic oxidation sites excluding steroid dienone is 2. The zero-order chi connectivity index (χ0) is 28.8. The molecule has 2 N–H and O–H groups in total. The minimum absolute atomic E-state index is 0.138. The Morgan fingerprint density at radius 3 is 1.29 bits per heavy atom. The van der Waals surface area contributed by atoms with Crippen LogP contribution < -0.4 is 5.11 Å². The summed E-state index contributed by atoms with van der Waals surface area (Å²) < 4.78 is -0.570. The van der Waals surface area contributed by atoms with Crippen LogP contribution in [0.2, 0.25) is 0 Å². The molecule has 7 heteroatoms. The first-order chi connectivity index (χ1) is 18.1. The second kappa shape index (κ2) is 22.0. The summed E-state index contributed by atoms with van der Waals surface area (Å²) in [6.07, 6.45) is 26.4. The number of hydrogen-bond donors (Lipinski definition) is 2. The third-order valence-electron chi connectivity index (χ3n) is 8.28. The molecule has 0 heterocycles. The molecular formula is C31H57NO6. The van der Waals surface area contributed by atoms with E-state index in [2.05, 4.69) is 13.0 Å². The molecule has 0 aliphatic heterocycles. The van der Waals surface area contributed by atoms with Crippen molar-refractivity contribution in [2.75, 3.05) is 6.54 Å². The lowest BCUT2D eigenvalue weighted by atomic mass is 10.0. The zero-order valence-corrected chi connectivity index (χ0v) is 24.8. The van der Waals surface area contributed by atoms with Crippen LogP contribution in [-0.4, -0.2) is 57.3 Å². The van der Waals surface area contributed by atoms with Crippen molar-refractivity contribution in [2.24, 2.45) is 0 Å². The van der Waals surface area contributed by atoms with E-state index in [-0.39, 0.29) is 6.54 Å². The number of rotatable bonds is 26. The summed E-state index contributed by atoms with van der Waals surface area (Å²) in [5, 5.41) is 30.9. The molecule has 0 aromatic carbocycles. The number of unbranched alkanes of at least 4 members (excludes halogenated alkanes) is 16. The predicted molar refractivity (Wildman–Crippen MR) is 152 cm³/mol. The van der Waals surface area contributed by atoms with E-state index in [9.17, 15) is 29.7 Å². The molecule has 0 bridgehead atoms. The van der Waals surface area contributed by atoms with E-state index < -0.39 is 40.5 Å². The molecule has 3 unspecified atom stereocenters. The Hall–Kier alpha value is -1.89. The first kappa shape index (κ1) is 36.1. The summed E-state index contributed by atoms with van der Waals surface area (Å²) in [5.41, 5.74) is 0. The molecule has 7 nitrogen and oxygen atoms in total. The number of carbonyl (C=O) groups excluding carboxylic acids is 1. The largest absolute Gasteiger partial charge is 0.544 e. The molecule has 38 heavy (non-hydrogen) atoms. The second-order valence-electron chi connectivity index (χ2n) is 11.1. The van der Waals surface area contributed by atoms with E-state index in [1.807, 2.05) is 6.08 Å². The Balaban J connectivity index is 4.14. The van der Waals surface area contributed by atoms with Crippen molar-refractivity contribution in [3.63, 3.8) is 0 Å². The summed E-state index contributed by atoms with van der Waals surface area (Å²) >= 11 is 0. The fourth-order valence-corrected chi connectivity index (χ4v) is 5.55. The average molecular weight is 540 g/mol. The highest BCUT2D eigenvalue weighted by atomic mass is 16.4. The number of carboxylic acid groups (broad SMARTS) is 3. The van der Waals surface area contributed by atoms with Gasteiger partial charge < -0.3 is 20.1 Å². The summed E-state index contributed by atoms with van der Waals surface area (Å²) in [5.74, 6) is -3.86. The number of hydrogen-bond acceptors (Lipinski definition) is 4. The maximum Gasteiger partial charge on any atom is 0.362 e. The topological polar surface area (TPSA) is 115 Å². The minimum atomic E-state index is -1.44. The van der Waals surface area contributed by atoms with Gasteiger partial charge in [0.15, 0.2) is 12.1 Å². The molecule has 0 saturated heterocycles. The third-order valence-corrected chi connectivity index (χ3v) is 8.28. The Bertz CT molecular complexity index is 627. The fourth-order valence-electron chi connectivity index (χ4n) is 5.55. The lowest BCUT2D eigenvalue weighted by molar-refractivity contribution is -0.969. The van der Waals surface area contributed by atoms with Crippen LogP contribution in [0.25, 0.3) is 0 Å². The quantitative estimate of drug-likeness (QED) is 0.0738. The third kappa shape index (κ3) is 14.3. The van der Waals surface area contributed by atoms with Crippen LogP contribution in [-0.2, 0) is 14.4 Å². The van der Waals surface area contributed by atoms with E-state index in [1.54, 1.807) is 0 Å². The normalized spacial score (nSPS) is 15.7. The maximum atomic E-state index is 11.8. The molecule has 0 spiro atoms. The first-order valence-corrected chi connectivity index (χ1v) is 15.3. The van der Waals surface area contributed by atoms with Gasteiger partial charge in [0.2, 0.25) is 0 Å². The number of carboxylic acids is 3. The molecule has 0 rings (SSSR count). The highest BCUT2D eigenvalue weighted by Crippen LogP contribution is 2.27. The molecule has 0 amide bonds. The molecule has 3 atom stereocenters. The predicted octanol–water partition coefficient (Wildman–Crippen LogP) is 6.49. The van der Waals surface area contributed by atoms with Crippen LogP contribution in [0, 0.1) is 0 Å². The van der Waals surface area contributed by atoms with Crippen LogP contribution in [0.1, 0.15) is 143 Å². The van der Waals surface area contributed by atoms with E-state index in [4.69, 9.17) is 0 Å². The minimum Gasteiger partial charge on any atom is -0.544 e. The first-order valence-electron chi connectivity index (χ1n) is 15.3. The highest BCUT2D eigenvalue weighted by molar-refractivity contribution is 5.76. The van der Waals surface area contributed by atoms with Crippen molar-refractivity contribution < 1.29 is 34.2 Å². The van der Waals surface area contributed by atoms with Crippen LogP contribution in [0.5, 0.6) is 0 Å². The average Bonchev–Trinajstić information content (AvgIpc) is 2.88. The van der Waals surface area contributed by atoms with Crippen molar-refractivity contribution in [3.8, 4) is 0 Å². The number of nitrogens with zero attached hydrogens (tertiary/aromatic N) is 1. The van der Waals surface area contributed by atoms with Crippen LogP contribution in [0.4, 0.5) is 0 Å². The van der Waals surface area contributed by atoms with Gasteiger partial charge in [-0.15, -0.1) is 0 Å². The van der Waals surface area contributed by atoms with E-state index >= 15 is 0 Å². The Morgan fingerprint density at radius 1 is 0.605 bits per heavy atom. The smallest absolute Gasteiger partial charge is 0.362 e. The molecule has 0 aliphatic carbocycles. The van der Waals surface area contributed by atoms with Crippen molar-refractivity contribution in [3.05, 3.63) is 12.2 Å². The molecule has 0 fully saturated rings. The summed E-state index contributed by atoms with van der Waals surface area (Å²) in [6, 6.07) is -3.62. The van der Waals surface area contributed by atoms with Gasteiger partial charge in [-0.3, -0.25) is 4.48 Å². The van der Waals surface area contributed by atoms with Crippen LogP contribution in [0.3, 0.4) is 0 Å². The van der Waals surface area contributed by atoms with Crippen LogP contribution >= 0.6 is 0 Å². The van der Waals surface area contributed by atoms with Gasteiger partial charge >= 0.3 is 11.9 Å². The summed E-state index contributed by atoms with van der Waals surface area (Å²) in [6.45, 7) is 6.51. The molecule has 0 aromatic heterocycles. The van der Waals surface area contributed by atoms with Crippen molar-refractivity contribution in [1.82, 2.24) is 0 Å². The standard InChI is InChI=1S/C31H57NO6/c1-5-6-7-8-9-10-11-12-13-14-15-16-17-18-19-20-21-22-23-24-25-32(26(2)29(33)34,27(3)30(35)36)28(4)31(37)38/h21-22,26-28H,5-20,23-25H2,1-4H3,(H2-,33,34,35,36,37,38)/b22-21+. The van der Waals surface area contributed by atoms with Crippen molar-refractivity contribution in [2.45, 2.75) is 161 Å². The van der Waals surface area contributed by atoms with Gasteiger partial charge in [0, 0.05) is 6.42 Å². The van der Waals surface area contributed by atoms with Crippen molar-refractivity contribution >= 4 is 17.9 Å². The Morgan fingerprint density at radius 2 is 0.947 bits per heavy atom. The molecule has 222 valence electrons. The van der Waals surface area contributed by atoms with E-state index in [0.717, 1.165) is 12.8 Å². The van der Waals surface area contributed by atoms with Gasteiger partial charge in [-0.25, -0.2) is 9.59 Å². The summed E-state index contributed by atoms with van der Waals surface area (Å²) in [4.78, 5) is 35.2. The van der Waals surface area contributed by atoms with Gasteiger partial charge in [0.1, 0.15) is 6.04 Å². The second-order valence-corrected chi connectivity index (χ2v) is 11.1. The fraction of sp³-hybridized carbons (Fsp3) is 0.839. The van der Waals surface area contributed by atoms with E-state index in [0.29, 0.717) is 12.8 Å². The van der Waals surface area contributed by atoms with Crippen LogP contribution in [0.15, 0.2) is 12.2 Å².